The molecule has 0 bridgehead atoms. The molecule has 0 spiro atoms. The van der Waals surface area contributed by atoms with Crippen LogP contribution in [0.25, 0.3) is 0 Å². The Morgan fingerprint density at radius 2 is 2.29 bits per heavy atom. The Kier molecular flexibility index (Phi) is 2.79. The van der Waals surface area contributed by atoms with E-state index in [-0.39, 0.29) is 6.04 Å². The summed E-state index contributed by atoms with van der Waals surface area (Å²) in [6.45, 7) is 0. The number of hydrogen-bond donors (Lipinski definition) is 1. The van der Waals surface area contributed by atoms with Crippen molar-refractivity contribution in [1.29, 1.82) is 0 Å². The average Bonchev–Trinajstić information content (AvgIpc) is 2.17. The number of ether oxygens (including phenoxy) is 1. The molecule has 0 saturated heterocycles. The zero-order valence-corrected chi connectivity index (χ0v) is 9.80. The van der Waals surface area contributed by atoms with Crippen molar-refractivity contribution in [2.45, 2.75) is 25.3 Å². The maximum Gasteiger partial charge on any atom is 0.120 e. The second-order valence-corrected chi connectivity index (χ2v) is 4.54. The number of rotatable bonds is 1. The third-order valence-corrected chi connectivity index (χ3v) is 3.41. The highest BCUT2D eigenvalue weighted by molar-refractivity contribution is 9.10. The first kappa shape index (κ1) is 9.99. The van der Waals surface area contributed by atoms with Crippen LogP contribution in [0, 0.1) is 0 Å². The fourth-order valence-corrected chi connectivity index (χ4v) is 2.82. The van der Waals surface area contributed by atoms with Gasteiger partial charge in [0.15, 0.2) is 0 Å². The summed E-state index contributed by atoms with van der Waals surface area (Å²) < 4.78 is 6.31. The van der Waals surface area contributed by atoms with Crippen LogP contribution >= 0.6 is 15.9 Å². The van der Waals surface area contributed by atoms with Crippen molar-refractivity contribution in [3.8, 4) is 5.75 Å². The van der Waals surface area contributed by atoms with Gasteiger partial charge in [-0.05, 0) is 42.5 Å². The van der Waals surface area contributed by atoms with E-state index in [1.54, 1.807) is 7.11 Å². The minimum absolute atomic E-state index is 0.180. The van der Waals surface area contributed by atoms with Crippen molar-refractivity contribution in [2.24, 2.45) is 5.73 Å². The van der Waals surface area contributed by atoms with Crippen molar-refractivity contribution >= 4 is 15.9 Å². The molecule has 1 aliphatic rings. The van der Waals surface area contributed by atoms with E-state index in [0.29, 0.717) is 0 Å². The van der Waals surface area contributed by atoms with Crippen LogP contribution in [0.5, 0.6) is 5.75 Å². The van der Waals surface area contributed by atoms with E-state index in [4.69, 9.17) is 10.5 Å². The summed E-state index contributed by atoms with van der Waals surface area (Å²) in [5.41, 5.74) is 8.66. The minimum Gasteiger partial charge on any atom is -0.497 e. The normalized spacial score (nSPS) is 20.4. The SMILES string of the molecule is COc1cc(Br)c2c(c1)CCCC2N. The lowest BCUT2D eigenvalue weighted by atomic mass is 9.88. The molecule has 0 radical (unpaired) electrons. The molecular formula is C11H14BrNO. The van der Waals surface area contributed by atoms with E-state index in [1.807, 2.05) is 6.07 Å². The van der Waals surface area contributed by atoms with Crippen molar-refractivity contribution in [2.75, 3.05) is 7.11 Å². The molecule has 1 aromatic rings. The maximum absolute atomic E-state index is 6.07. The molecule has 76 valence electrons. The summed E-state index contributed by atoms with van der Waals surface area (Å²) in [6, 6.07) is 4.27. The molecular weight excluding hydrogens is 242 g/mol. The van der Waals surface area contributed by atoms with Gasteiger partial charge in [0.1, 0.15) is 5.75 Å². The van der Waals surface area contributed by atoms with Crippen molar-refractivity contribution in [1.82, 2.24) is 0 Å². The molecule has 0 amide bonds. The Labute approximate surface area is 92.6 Å². The fourth-order valence-electron chi connectivity index (χ4n) is 2.04. The Hall–Kier alpha value is -0.540. The highest BCUT2D eigenvalue weighted by Gasteiger charge is 2.20. The number of methoxy groups -OCH3 is 1. The summed E-state index contributed by atoms with van der Waals surface area (Å²) >= 11 is 3.55. The zero-order valence-electron chi connectivity index (χ0n) is 8.22. The third-order valence-electron chi connectivity index (χ3n) is 2.76. The summed E-state index contributed by atoms with van der Waals surface area (Å²) in [7, 11) is 1.69. The zero-order chi connectivity index (χ0) is 10.1. The molecule has 2 nitrogen and oxygen atoms in total. The molecule has 3 heteroatoms. The largest absolute Gasteiger partial charge is 0.497 e. The van der Waals surface area contributed by atoms with Gasteiger partial charge in [-0.15, -0.1) is 0 Å². The predicted molar refractivity (Wildman–Crippen MR) is 60.6 cm³/mol. The van der Waals surface area contributed by atoms with Gasteiger partial charge in [-0.2, -0.15) is 0 Å². The molecule has 0 aromatic heterocycles. The molecule has 2 N–H and O–H groups in total. The molecule has 0 aliphatic heterocycles. The molecule has 1 unspecified atom stereocenters. The number of aryl methyl sites for hydroxylation is 1. The molecule has 1 aliphatic carbocycles. The molecule has 0 heterocycles. The second-order valence-electron chi connectivity index (χ2n) is 3.68. The van der Waals surface area contributed by atoms with Gasteiger partial charge in [-0.3, -0.25) is 0 Å². The van der Waals surface area contributed by atoms with Crippen LogP contribution in [0.4, 0.5) is 0 Å². The van der Waals surface area contributed by atoms with Gasteiger partial charge in [-0.25, -0.2) is 0 Å². The Bertz CT molecular complexity index is 351. The first-order chi connectivity index (χ1) is 6.72. The van der Waals surface area contributed by atoms with Crippen LogP contribution < -0.4 is 10.5 Å². The first-order valence-corrected chi connectivity index (χ1v) is 5.63. The lowest BCUT2D eigenvalue weighted by Gasteiger charge is -2.24. The fraction of sp³-hybridized carbons (Fsp3) is 0.455. The number of halogens is 1. The maximum atomic E-state index is 6.07. The molecule has 14 heavy (non-hydrogen) atoms. The number of fused-ring (bicyclic) bond motifs is 1. The number of nitrogens with two attached hydrogens (primary N) is 1. The van der Waals surface area contributed by atoms with Crippen LogP contribution in [-0.2, 0) is 6.42 Å². The topological polar surface area (TPSA) is 35.2 Å². The van der Waals surface area contributed by atoms with Gasteiger partial charge in [0.2, 0.25) is 0 Å². The lowest BCUT2D eigenvalue weighted by Crippen LogP contribution is -2.18. The van der Waals surface area contributed by atoms with Crippen LogP contribution in [0.15, 0.2) is 16.6 Å². The van der Waals surface area contributed by atoms with E-state index in [0.717, 1.165) is 23.1 Å². The van der Waals surface area contributed by atoms with E-state index >= 15 is 0 Å². The van der Waals surface area contributed by atoms with Crippen molar-refractivity contribution in [3.05, 3.63) is 27.7 Å². The number of benzene rings is 1. The minimum atomic E-state index is 0.180. The Morgan fingerprint density at radius 1 is 1.50 bits per heavy atom. The van der Waals surface area contributed by atoms with Crippen molar-refractivity contribution < 1.29 is 4.74 Å². The summed E-state index contributed by atoms with van der Waals surface area (Å²) in [4.78, 5) is 0. The van der Waals surface area contributed by atoms with Crippen LogP contribution in [0.2, 0.25) is 0 Å². The highest BCUT2D eigenvalue weighted by atomic mass is 79.9. The Morgan fingerprint density at radius 3 is 3.00 bits per heavy atom. The number of hydrogen-bond acceptors (Lipinski definition) is 2. The highest BCUT2D eigenvalue weighted by Crippen LogP contribution is 2.36. The predicted octanol–water partition coefficient (Wildman–Crippen LogP) is 2.79. The quantitative estimate of drug-likeness (QED) is 0.838. The Balaban J connectivity index is 2.51. The monoisotopic (exact) mass is 255 g/mol. The van der Waals surface area contributed by atoms with Crippen LogP contribution in [0.1, 0.15) is 30.0 Å². The van der Waals surface area contributed by atoms with Crippen LogP contribution in [0.3, 0.4) is 0 Å². The molecule has 1 atom stereocenters. The van der Waals surface area contributed by atoms with E-state index in [1.165, 1.54) is 17.5 Å². The first-order valence-electron chi connectivity index (χ1n) is 4.84. The smallest absolute Gasteiger partial charge is 0.120 e. The van der Waals surface area contributed by atoms with E-state index in [2.05, 4.69) is 22.0 Å². The summed E-state index contributed by atoms with van der Waals surface area (Å²) in [6.07, 6.45) is 3.37. The molecule has 1 aromatic carbocycles. The molecule has 0 fully saturated rings. The molecule has 2 rings (SSSR count). The third kappa shape index (κ3) is 1.66. The van der Waals surface area contributed by atoms with E-state index < -0.39 is 0 Å². The lowest BCUT2D eigenvalue weighted by molar-refractivity contribution is 0.412. The van der Waals surface area contributed by atoms with Gasteiger partial charge < -0.3 is 10.5 Å². The van der Waals surface area contributed by atoms with Crippen LogP contribution in [-0.4, -0.2) is 7.11 Å². The van der Waals surface area contributed by atoms with Gasteiger partial charge in [-0.1, -0.05) is 15.9 Å². The standard InChI is InChI=1S/C11H14BrNO/c1-14-8-5-7-3-2-4-10(13)11(7)9(12)6-8/h5-6,10H,2-4,13H2,1H3. The molecule has 0 saturated carbocycles. The van der Waals surface area contributed by atoms with Gasteiger partial charge >= 0.3 is 0 Å². The summed E-state index contributed by atoms with van der Waals surface area (Å²) in [5, 5.41) is 0. The van der Waals surface area contributed by atoms with Crippen molar-refractivity contribution in [3.63, 3.8) is 0 Å². The summed E-state index contributed by atoms with van der Waals surface area (Å²) in [5.74, 6) is 0.907. The van der Waals surface area contributed by atoms with Gasteiger partial charge in [0.05, 0.1) is 7.11 Å². The van der Waals surface area contributed by atoms with Gasteiger partial charge in [0.25, 0.3) is 0 Å². The van der Waals surface area contributed by atoms with E-state index in [9.17, 15) is 0 Å². The van der Waals surface area contributed by atoms with Gasteiger partial charge in [0, 0.05) is 10.5 Å². The second kappa shape index (κ2) is 3.91. The average molecular weight is 256 g/mol.